The summed E-state index contributed by atoms with van der Waals surface area (Å²) in [5, 5.41) is 16.2. The highest BCUT2D eigenvalue weighted by Gasteiger charge is 2.35. The third-order valence-electron chi connectivity index (χ3n) is 7.29. The molecule has 0 radical (unpaired) electrons. The van der Waals surface area contributed by atoms with Crippen molar-refractivity contribution < 1.29 is 24.2 Å². The number of aromatic nitrogens is 2. The molecule has 3 N–H and O–H groups in total. The van der Waals surface area contributed by atoms with Gasteiger partial charge in [0.2, 0.25) is 11.9 Å². The molecule has 39 heavy (non-hydrogen) atoms. The van der Waals surface area contributed by atoms with Crippen molar-refractivity contribution in [3.05, 3.63) is 71.4 Å². The van der Waals surface area contributed by atoms with E-state index in [9.17, 15) is 14.7 Å². The van der Waals surface area contributed by atoms with Gasteiger partial charge in [0.1, 0.15) is 11.8 Å². The Morgan fingerprint density at radius 3 is 2.79 bits per heavy atom. The van der Waals surface area contributed by atoms with Gasteiger partial charge in [-0.3, -0.25) is 9.59 Å². The highest BCUT2D eigenvalue weighted by atomic mass is 16.5. The van der Waals surface area contributed by atoms with Gasteiger partial charge in [0.05, 0.1) is 25.5 Å². The summed E-state index contributed by atoms with van der Waals surface area (Å²) in [6.45, 7) is 3.18. The van der Waals surface area contributed by atoms with Crippen molar-refractivity contribution in [2.45, 2.75) is 44.4 Å². The highest BCUT2D eigenvalue weighted by molar-refractivity contribution is 6.02. The van der Waals surface area contributed by atoms with Crippen LogP contribution in [0.25, 0.3) is 11.3 Å². The molecule has 2 atom stereocenters. The second kappa shape index (κ2) is 11.8. The number of nitrogens with zero attached hydrogens (tertiary/aromatic N) is 3. The van der Waals surface area contributed by atoms with Crippen molar-refractivity contribution in [2.75, 3.05) is 32.2 Å². The Morgan fingerprint density at radius 1 is 1.21 bits per heavy atom. The molecule has 204 valence electrons. The maximum atomic E-state index is 13.4. The number of benzene rings is 2. The summed E-state index contributed by atoms with van der Waals surface area (Å²) < 4.78 is 10.7. The monoisotopic (exact) mass is 531 g/mol. The number of anilines is 1. The van der Waals surface area contributed by atoms with Crippen LogP contribution in [-0.2, 0) is 16.1 Å². The van der Waals surface area contributed by atoms with Crippen molar-refractivity contribution in [1.29, 1.82) is 0 Å². The summed E-state index contributed by atoms with van der Waals surface area (Å²) in [5.74, 6) is 0.612. The molecule has 0 spiro atoms. The Bertz CT molecular complexity index is 1340. The van der Waals surface area contributed by atoms with Crippen LogP contribution in [-0.4, -0.2) is 70.8 Å². The first kappa shape index (κ1) is 26.6. The van der Waals surface area contributed by atoms with Gasteiger partial charge in [-0.05, 0) is 55.2 Å². The minimum Gasteiger partial charge on any atom is -0.497 e. The molecule has 2 aliphatic heterocycles. The fourth-order valence-corrected chi connectivity index (χ4v) is 4.94. The van der Waals surface area contributed by atoms with Crippen molar-refractivity contribution in [3.8, 4) is 17.0 Å². The van der Waals surface area contributed by atoms with Crippen LogP contribution in [0.15, 0.2) is 54.7 Å². The lowest BCUT2D eigenvalue weighted by Gasteiger charge is -2.26. The third kappa shape index (κ3) is 5.86. The van der Waals surface area contributed by atoms with Crippen LogP contribution in [0.1, 0.15) is 47.3 Å². The molecule has 1 aromatic heterocycles. The number of methoxy groups -OCH3 is 1. The number of rotatable bonds is 9. The van der Waals surface area contributed by atoms with Crippen molar-refractivity contribution in [1.82, 2.24) is 20.2 Å². The van der Waals surface area contributed by atoms with Gasteiger partial charge >= 0.3 is 0 Å². The molecule has 2 amide bonds. The molecule has 3 aromatic rings. The predicted octanol–water partition coefficient (Wildman–Crippen LogP) is 2.94. The lowest BCUT2D eigenvalue weighted by atomic mass is 10.0. The molecule has 2 aliphatic rings. The molecule has 3 heterocycles. The normalized spacial score (nSPS) is 16.9. The number of hydrogen-bond donors (Lipinski definition) is 3. The van der Waals surface area contributed by atoms with Gasteiger partial charge in [-0.15, -0.1) is 0 Å². The van der Waals surface area contributed by atoms with Crippen LogP contribution in [0.2, 0.25) is 0 Å². The van der Waals surface area contributed by atoms with Crippen LogP contribution >= 0.6 is 0 Å². The molecular formula is C29H33N5O5. The smallest absolute Gasteiger partial charge is 0.255 e. The van der Waals surface area contributed by atoms with Crippen LogP contribution in [0.3, 0.4) is 0 Å². The number of fused-ring (bicyclic) bond motifs is 1. The fraction of sp³-hybridized carbons (Fsp3) is 0.379. The zero-order valence-electron chi connectivity index (χ0n) is 22.1. The number of carbonyl (C=O) groups excluding carboxylic acids is 2. The molecule has 1 fully saturated rings. The molecule has 2 aromatic carbocycles. The average Bonchev–Trinajstić information content (AvgIpc) is 3.31. The van der Waals surface area contributed by atoms with Gasteiger partial charge in [0.25, 0.3) is 5.91 Å². The van der Waals surface area contributed by atoms with E-state index in [1.165, 1.54) is 0 Å². The summed E-state index contributed by atoms with van der Waals surface area (Å²) in [4.78, 5) is 37.1. The second-order valence-electron chi connectivity index (χ2n) is 9.80. The first-order valence-electron chi connectivity index (χ1n) is 13.1. The topological polar surface area (TPSA) is 126 Å². The summed E-state index contributed by atoms with van der Waals surface area (Å²) >= 11 is 0. The van der Waals surface area contributed by atoms with E-state index in [1.54, 1.807) is 43.3 Å². The number of aliphatic hydroxyl groups excluding tert-OH is 1. The molecular weight excluding hydrogens is 498 g/mol. The zero-order valence-corrected chi connectivity index (χ0v) is 22.1. The first-order valence-corrected chi connectivity index (χ1v) is 13.1. The number of amides is 2. The summed E-state index contributed by atoms with van der Waals surface area (Å²) in [6.07, 6.45) is 3.51. The van der Waals surface area contributed by atoms with E-state index in [-0.39, 0.29) is 24.5 Å². The maximum Gasteiger partial charge on any atom is 0.255 e. The minimum absolute atomic E-state index is 0.217. The predicted molar refractivity (Wildman–Crippen MR) is 145 cm³/mol. The van der Waals surface area contributed by atoms with Crippen molar-refractivity contribution in [3.63, 3.8) is 0 Å². The molecule has 1 saturated heterocycles. The molecule has 5 rings (SSSR count). The number of nitrogens with one attached hydrogen (secondary N) is 2. The van der Waals surface area contributed by atoms with Gasteiger partial charge in [-0.25, -0.2) is 9.97 Å². The van der Waals surface area contributed by atoms with Crippen LogP contribution in [0.5, 0.6) is 5.75 Å². The quantitative estimate of drug-likeness (QED) is 0.385. The number of aliphatic hydroxyl groups is 1. The van der Waals surface area contributed by atoms with E-state index < -0.39 is 12.1 Å². The summed E-state index contributed by atoms with van der Waals surface area (Å²) in [7, 11) is 1.56. The van der Waals surface area contributed by atoms with E-state index in [0.717, 1.165) is 37.2 Å². The lowest BCUT2D eigenvalue weighted by molar-refractivity contribution is -0.126. The zero-order chi connectivity index (χ0) is 27.4. The molecule has 10 heteroatoms. The summed E-state index contributed by atoms with van der Waals surface area (Å²) in [6, 6.07) is 13.6. The van der Waals surface area contributed by atoms with Crippen molar-refractivity contribution in [2.24, 2.45) is 0 Å². The number of hydrogen-bond acceptors (Lipinski definition) is 8. The van der Waals surface area contributed by atoms with Gasteiger partial charge in [0.15, 0.2) is 0 Å². The van der Waals surface area contributed by atoms with E-state index in [1.807, 2.05) is 30.3 Å². The molecule has 0 aliphatic carbocycles. The lowest BCUT2D eigenvalue weighted by Crippen LogP contribution is -2.46. The van der Waals surface area contributed by atoms with E-state index in [2.05, 4.69) is 20.6 Å². The average molecular weight is 532 g/mol. The van der Waals surface area contributed by atoms with E-state index in [0.29, 0.717) is 35.1 Å². The molecule has 0 saturated carbocycles. The van der Waals surface area contributed by atoms with Crippen molar-refractivity contribution >= 4 is 17.8 Å². The standard InChI is InChI=1S/C29H33N5O5/c1-18(27(36)32-26(17-35)19-4-3-5-23(14-19)38-2)34-16-21-7-6-20(15-24(21)28(34)37)25-8-11-30-29(33-25)31-22-9-12-39-13-10-22/h3-8,11,14-15,18,22,26,35H,9-10,12-13,16-17H2,1-2H3,(H,32,36)(H,30,31,33)/t18?,26-/m1/s1. The van der Waals surface area contributed by atoms with Gasteiger partial charge in [-0.1, -0.05) is 24.3 Å². The molecule has 10 nitrogen and oxygen atoms in total. The Morgan fingerprint density at radius 2 is 2.03 bits per heavy atom. The van der Waals surface area contributed by atoms with Crippen LogP contribution in [0, 0.1) is 0 Å². The molecule has 0 bridgehead atoms. The Hall–Kier alpha value is -4.02. The highest BCUT2D eigenvalue weighted by Crippen LogP contribution is 2.30. The van der Waals surface area contributed by atoms with Gasteiger partial charge in [0, 0.05) is 43.1 Å². The van der Waals surface area contributed by atoms with Gasteiger partial charge in [-0.2, -0.15) is 0 Å². The number of ether oxygens (including phenoxy) is 2. The fourth-order valence-electron chi connectivity index (χ4n) is 4.94. The maximum absolute atomic E-state index is 13.4. The van der Waals surface area contributed by atoms with E-state index >= 15 is 0 Å². The minimum atomic E-state index is -0.734. The van der Waals surface area contributed by atoms with Crippen LogP contribution < -0.4 is 15.4 Å². The van der Waals surface area contributed by atoms with Gasteiger partial charge < -0.3 is 30.1 Å². The number of carbonyl (C=O) groups is 2. The SMILES string of the molecule is COc1cccc([C@@H](CO)NC(=O)C(C)N2Cc3ccc(-c4ccnc(NC5CCOCC5)n4)cc3C2=O)c1. The third-order valence-corrected chi connectivity index (χ3v) is 7.29. The second-order valence-corrected chi connectivity index (χ2v) is 9.80. The summed E-state index contributed by atoms with van der Waals surface area (Å²) in [5.41, 5.74) is 3.63. The molecule has 1 unspecified atom stereocenters. The van der Waals surface area contributed by atoms with E-state index in [4.69, 9.17) is 9.47 Å². The van der Waals surface area contributed by atoms with Crippen LogP contribution in [0.4, 0.5) is 5.95 Å². The largest absolute Gasteiger partial charge is 0.497 e. The Labute approximate surface area is 227 Å². The Kier molecular flexibility index (Phi) is 8.04. The first-order chi connectivity index (χ1) is 19.0. The Balaban J connectivity index is 1.28.